The Balaban J connectivity index is 0.00000166. The first-order valence-electron chi connectivity index (χ1n) is 15.3. The summed E-state index contributed by atoms with van der Waals surface area (Å²) in [6.45, 7) is 25.0. The fourth-order valence-corrected chi connectivity index (χ4v) is 4.47. The molecular weight excluding hydrogens is 468 g/mol. The van der Waals surface area contributed by atoms with Crippen LogP contribution in [-0.4, -0.2) is 0 Å². The molecule has 0 saturated heterocycles. The molecule has 4 aromatic carbocycles. The summed E-state index contributed by atoms with van der Waals surface area (Å²) < 4.78 is 0. The molecule has 0 aromatic heterocycles. The van der Waals surface area contributed by atoms with Gasteiger partial charge in [-0.25, -0.2) is 0 Å². The smallest absolute Gasteiger partial charge is 0.00203 e. The average molecular weight is 525 g/mol. The third-order valence-corrected chi connectivity index (χ3v) is 6.78. The lowest BCUT2D eigenvalue weighted by Gasteiger charge is -2.16. The van der Waals surface area contributed by atoms with E-state index in [-0.39, 0.29) is 0 Å². The first kappa shape index (κ1) is 35.9. The molecule has 0 unspecified atom stereocenters. The Morgan fingerprint density at radius 1 is 0.308 bits per heavy atom. The van der Waals surface area contributed by atoms with Crippen LogP contribution in [0.3, 0.4) is 0 Å². The number of benzene rings is 4. The minimum absolute atomic E-state index is 0.987. The molecule has 0 atom stereocenters. The fraction of sp³-hybridized carbons (Fsp3) is 0.385. The monoisotopic (exact) mass is 524 g/mol. The van der Waals surface area contributed by atoms with Crippen molar-refractivity contribution in [1.29, 1.82) is 0 Å². The summed E-state index contributed by atoms with van der Waals surface area (Å²) in [6.07, 6.45) is 2.98. The number of rotatable bonds is 6. The van der Waals surface area contributed by atoms with Gasteiger partial charge in [0.2, 0.25) is 0 Å². The molecule has 0 N–H and O–H groups in total. The third-order valence-electron chi connectivity index (χ3n) is 6.78. The molecule has 0 radical (unpaired) electrons. The second-order valence-corrected chi connectivity index (χ2v) is 8.79. The average Bonchev–Trinajstić information content (AvgIpc) is 2.99. The minimum atomic E-state index is 0.987. The largest absolute Gasteiger partial charge is 0.0683 e. The van der Waals surface area contributed by atoms with Gasteiger partial charge in [0.1, 0.15) is 0 Å². The molecule has 0 spiro atoms. The van der Waals surface area contributed by atoms with Crippen LogP contribution in [0.1, 0.15) is 111 Å². The lowest BCUT2D eigenvalue weighted by molar-refractivity contribution is 1.05. The van der Waals surface area contributed by atoms with E-state index in [9.17, 15) is 0 Å². The van der Waals surface area contributed by atoms with Crippen LogP contribution in [0.15, 0.2) is 84.9 Å². The summed E-state index contributed by atoms with van der Waals surface area (Å²) in [4.78, 5) is 0. The molecule has 0 fully saturated rings. The Kier molecular flexibility index (Phi) is 19.1. The van der Waals surface area contributed by atoms with Crippen LogP contribution in [0, 0.1) is 27.7 Å². The maximum atomic E-state index is 2.30. The lowest BCUT2D eigenvalue weighted by atomic mass is 9.89. The van der Waals surface area contributed by atoms with Crippen molar-refractivity contribution in [2.24, 2.45) is 0 Å². The van der Waals surface area contributed by atoms with Gasteiger partial charge in [0.05, 0.1) is 0 Å². The van der Waals surface area contributed by atoms with Crippen LogP contribution < -0.4 is 0 Å². The SMILES string of the molecule is CC.CC.CC.CC.Cc1ccccc1Cc1cccc(Cc2cccc(Cc3ccccc3C)c2C)c1C. The maximum absolute atomic E-state index is 2.30. The highest BCUT2D eigenvalue weighted by Crippen LogP contribution is 2.25. The van der Waals surface area contributed by atoms with Crippen molar-refractivity contribution < 1.29 is 0 Å². The molecule has 0 aliphatic carbocycles. The number of aryl methyl sites for hydroxylation is 2. The Labute approximate surface area is 242 Å². The second kappa shape index (κ2) is 20.8. The Hall–Kier alpha value is -3.12. The van der Waals surface area contributed by atoms with Gasteiger partial charge in [0, 0.05) is 0 Å². The summed E-state index contributed by atoms with van der Waals surface area (Å²) in [5.41, 5.74) is 14.1. The third kappa shape index (κ3) is 10.9. The Bertz CT molecular complexity index is 1100. The highest BCUT2D eigenvalue weighted by Gasteiger charge is 2.11. The van der Waals surface area contributed by atoms with Gasteiger partial charge >= 0.3 is 0 Å². The maximum Gasteiger partial charge on any atom is -0.00203 e. The van der Waals surface area contributed by atoms with Gasteiger partial charge in [-0.15, -0.1) is 0 Å². The Morgan fingerprint density at radius 2 is 0.538 bits per heavy atom. The van der Waals surface area contributed by atoms with E-state index in [0.29, 0.717) is 0 Å². The molecular formula is C39H56. The van der Waals surface area contributed by atoms with Crippen LogP contribution in [-0.2, 0) is 19.3 Å². The van der Waals surface area contributed by atoms with Gasteiger partial charge in [0.25, 0.3) is 0 Å². The Morgan fingerprint density at radius 3 is 0.821 bits per heavy atom. The molecule has 0 heterocycles. The zero-order chi connectivity index (χ0) is 29.8. The fourth-order valence-electron chi connectivity index (χ4n) is 4.47. The van der Waals surface area contributed by atoms with Crippen molar-refractivity contribution in [2.75, 3.05) is 0 Å². The van der Waals surface area contributed by atoms with Gasteiger partial charge in [-0.2, -0.15) is 0 Å². The van der Waals surface area contributed by atoms with Gasteiger partial charge in [0.15, 0.2) is 0 Å². The van der Waals surface area contributed by atoms with Crippen molar-refractivity contribution in [3.63, 3.8) is 0 Å². The summed E-state index contributed by atoms with van der Waals surface area (Å²) in [6, 6.07) is 31.1. The van der Waals surface area contributed by atoms with Crippen molar-refractivity contribution in [3.8, 4) is 0 Å². The molecule has 0 aliphatic heterocycles. The topological polar surface area (TPSA) is 0 Å². The van der Waals surface area contributed by atoms with E-state index in [1.54, 1.807) is 0 Å². The van der Waals surface area contributed by atoms with Crippen molar-refractivity contribution in [2.45, 2.75) is 102 Å². The molecule has 0 heteroatoms. The van der Waals surface area contributed by atoms with Gasteiger partial charge in [-0.1, -0.05) is 140 Å². The van der Waals surface area contributed by atoms with E-state index >= 15 is 0 Å². The van der Waals surface area contributed by atoms with Gasteiger partial charge < -0.3 is 0 Å². The van der Waals surface area contributed by atoms with E-state index in [4.69, 9.17) is 0 Å². The van der Waals surface area contributed by atoms with E-state index in [0.717, 1.165) is 19.3 Å². The van der Waals surface area contributed by atoms with Crippen molar-refractivity contribution in [1.82, 2.24) is 0 Å². The predicted molar refractivity (Wildman–Crippen MR) is 179 cm³/mol. The highest BCUT2D eigenvalue weighted by atomic mass is 14.2. The molecule has 212 valence electrons. The summed E-state index contributed by atoms with van der Waals surface area (Å²) in [5, 5.41) is 0. The zero-order valence-electron chi connectivity index (χ0n) is 27.2. The van der Waals surface area contributed by atoms with Crippen molar-refractivity contribution >= 4 is 0 Å². The quantitative estimate of drug-likeness (QED) is 0.235. The lowest BCUT2D eigenvalue weighted by Crippen LogP contribution is -2.02. The number of hydrogen-bond acceptors (Lipinski definition) is 0. The molecule has 0 saturated carbocycles. The predicted octanol–water partition coefficient (Wildman–Crippen LogP) is 11.8. The van der Waals surface area contributed by atoms with Crippen LogP contribution in [0.2, 0.25) is 0 Å². The number of hydrogen-bond donors (Lipinski definition) is 0. The molecule has 4 rings (SSSR count). The van der Waals surface area contributed by atoms with Crippen molar-refractivity contribution in [3.05, 3.63) is 141 Å². The van der Waals surface area contributed by atoms with Crippen LogP contribution in [0.25, 0.3) is 0 Å². The van der Waals surface area contributed by atoms with E-state index < -0.39 is 0 Å². The van der Waals surface area contributed by atoms with Gasteiger partial charge in [-0.05, 0) is 103 Å². The van der Waals surface area contributed by atoms with Crippen LogP contribution >= 0.6 is 0 Å². The standard InChI is InChI=1S/C31H32.4C2H6/c1-22-11-5-7-13-26(22)19-28-15-9-17-30(24(28)3)21-31-18-10-16-29(25(31)4)20-27-14-8-6-12-23(27)2;4*1-2/h5-18H,19-21H2,1-4H3;4*1-2H3. The minimum Gasteiger partial charge on any atom is -0.0683 e. The van der Waals surface area contributed by atoms with E-state index in [1.807, 2.05) is 55.4 Å². The molecule has 0 aliphatic rings. The first-order valence-corrected chi connectivity index (χ1v) is 15.3. The van der Waals surface area contributed by atoms with E-state index in [2.05, 4.69) is 113 Å². The van der Waals surface area contributed by atoms with Gasteiger partial charge in [-0.3, -0.25) is 0 Å². The highest BCUT2D eigenvalue weighted by molar-refractivity contribution is 5.45. The summed E-state index contributed by atoms with van der Waals surface area (Å²) >= 11 is 0. The molecule has 39 heavy (non-hydrogen) atoms. The summed E-state index contributed by atoms with van der Waals surface area (Å²) in [7, 11) is 0. The van der Waals surface area contributed by atoms with E-state index in [1.165, 1.54) is 55.6 Å². The molecule has 4 aromatic rings. The van der Waals surface area contributed by atoms with Crippen LogP contribution in [0.5, 0.6) is 0 Å². The molecule has 0 bridgehead atoms. The van der Waals surface area contributed by atoms with Crippen LogP contribution in [0.4, 0.5) is 0 Å². The first-order chi connectivity index (χ1) is 19.0. The molecule has 0 amide bonds. The zero-order valence-corrected chi connectivity index (χ0v) is 27.2. The summed E-state index contributed by atoms with van der Waals surface area (Å²) in [5.74, 6) is 0. The molecule has 0 nitrogen and oxygen atoms in total. The normalized spacial score (nSPS) is 9.33. The second-order valence-electron chi connectivity index (χ2n) is 8.79.